The molecule has 0 saturated carbocycles. The number of carboxylic acids is 1. The van der Waals surface area contributed by atoms with Gasteiger partial charge in [0.15, 0.2) is 0 Å². The van der Waals surface area contributed by atoms with Gasteiger partial charge in [-0.3, -0.25) is 19.1 Å². The van der Waals surface area contributed by atoms with E-state index in [1.807, 2.05) is 48.5 Å². The minimum Gasteiger partial charge on any atom is -0.481 e. The lowest BCUT2D eigenvalue weighted by molar-refractivity contribution is -0.137. The molecule has 0 unspecified atom stereocenters. The van der Waals surface area contributed by atoms with Crippen molar-refractivity contribution >= 4 is 12.1 Å². The predicted molar refractivity (Wildman–Crippen MR) is 125 cm³/mol. The van der Waals surface area contributed by atoms with E-state index < -0.39 is 23.3 Å². The second-order valence-corrected chi connectivity index (χ2v) is 8.20. The molecular formula is C25H25N3O6. The van der Waals surface area contributed by atoms with Crippen molar-refractivity contribution in [1.82, 2.24) is 14.5 Å². The van der Waals surface area contributed by atoms with Crippen LogP contribution in [0.4, 0.5) is 4.79 Å². The van der Waals surface area contributed by atoms with Crippen molar-refractivity contribution in [3.63, 3.8) is 0 Å². The van der Waals surface area contributed by atoms with E-state index in [0.717, 1.165) is 22.3 Å². The van der Waals surface area contributed by atoms with E-state index in [1.165, 1.54) is 15.7 Å². The molecule has 0 spiro atoms. The van der Waals surface area contributed by atoms with Crippen LogP contribution in [-0.4, -0.2) is 51.3 Å². The Morgan fingerprint density at radius 2 is 1.65 bits per heavy atom. The molecule has 9 heteroatoms. The molecule has 0 bridgehead atoms. The molecule has 1 amide bonds. The van der Waals surface area contributed by atoms with Gasteiger partial charge in [-0.05, 0) is 29.2 Å². The zero-order chi connectivity index (χ0) is 24.2. The van der Waals surface area contributed by atoms with E-state index in [1.54, 1.807) is 6.92 Å². The number of nitrogens with zero attached hydrogens (tertiary/aromatic N) is 2. The van der Waals surface area contributed by atoms with Crippen LogP contribution < -0.4 is 11.2 Å². The third-order valence-electron chi connectivity index (χ3n) is 5.99. The van der Waals surface area contributed by atoms with Crippen LogP contribution in [0, 0.1) is 6.92 Å². The zero-order valence-electron chi connectivity index (χ0n) is 18.7. The number of carbonyl (C=O) groups is 2. The molecule has 0 saturated heterocycles. The standard InChI is InChI=1S/C25H25N3O6/c1-16-14-28(24(32)26-23(16)31)13-12-27(11-10-22(29)30)25(33)34-15-21-19-8-4-2-6-17(19)18-7-3-5-9-20(18)21/h2-9,14,21H,10-13,15H2,1H3,(H,29,30)(H,26,31,32). The average molecular weight is 463 g/mol. The highest BCUT2D eigenvalue weighted by Crippen LogP contribution is 2.44. The molecule has 3 aromatic rings. The number of ether oxygens (including phenoxy) is 1. The number of carbonyl (C=O) groups excluding carboxylic acids is 1. The molecule has 176 valence electrons. The molecular weight excluding hydrogens is 438 g/mol. The monoisotopic (exact) mass is 463 g/mol. The molecule has 0 atom stereocenters. The largest absolute Gasteiger partial charge is 0.481 e. The fourth-order valence-electron chi connectivity index (χ4n) is 4.22. The van der Waals surface area contributed by atoms with Gasteiger partial charge in [-0.25, -0.2) is 9.59 Å². The summed E-state index contributed by atoms with van der Waals surface area (Å²) in [5, 5.41) is 9.09. The summed E-state index contributed by atoms with van der Waals surface area (Å²) in [7, 11) is 0. The number of fused-ring (bicyclic) bond motifs is 3. The van der Waals surface area contributed by atoms with Gasteiger partial charge in [-0.15, -0.1) is 0 Å². The Hall–Kier alpha value is -4.14. The van der Waals surface area contributed by atoms with Crippen LogP contribution in [0.15, 0.2) is 64.3 Å². The van der Waals surface area contributed by atoms with E-state index in [0.29, 0.717) is 5.56 Å². The maximum absolute atomic E-state index is 12.9. The number of aryl methyl sites for hydroxylation is 1. The van der Waals surface area contributed by atoms with Crippen LogP contribution in [0.5, 0.6) is 0 Å². The van der Waals surface area contributed by atoms with Gasteiger partial charge in [0.2, 0.25) is 0 Å². The number of carboxylic acid groups (broad SMARTS) is 1. The number of amides is 1. The van der Waals surface area contributed by atoms with Crippen molar-refractivity contribution in [2.75, 3.05) is 19.7 Å². The van der Waals surface area contributed by atoms with Gasteiger partial charge in [0.05, 0.1) is 6.42 Å². The smallest absolute Gasteiger partial charge is 0.409 e. The fraction of sp³-hybridized carbons (Fsp3) is 0.280. The quantitative estimate of drug-likeness (QED) is 0.530. The summed E-state index contributed by atoms with van der Waals surface area (Å²) in [5.74, 6) is -1.17. The Kier molecular flexibility index (Phi) is 6.62. The Labute approximate surface area is 195 Å². The highest BCUT2D eigenvalue weighted by molar-refractivity contribution is 5.79. The van der Waals surface area contributed by atoms with Gasteiger partial charge >= 0.3 is 17.8 Å². The van der Waals surface area contributed by atoms with E-state index >= 15 is 0 Å². The second kappa shape index (κ2) is 9.78. The average Bonchev–Trinajstić information content (AvgIpc) is 3.14. The predicted octanol–water partition coefficient (Wildman–Crippen LogP) is 2.57. The van der Waals surface area contributed by atoms with Gasteiger partial charge in [0.1, 0.15) is 6.61 Å². The number of hydrogen-bond donors (Lipinski definition) is 2. The Morgan fingerprint density at radius 3 is 2.26 bits per heavy atom. The zero-order valence-corrected chi connectivity index (χ0v) is 18.7. The van der Waals surface area contributed by atoms with Crippen LogP contribution in [0.3, 0.4) is 0 Å². The second-order valence-electron chi connectivity index (χ2n) is 8.20. The number of nitrogens with one attached hydrogen (secondary N) is 1. The van der Waals surface area contributed by atoms with Crippen LogP contribution in [-0.2, 0) is 16.1 Å². The van der Waals surface area contributed by atoms with E-state index in [4.69, 9.17) is 9.84 Å². The summed E-state index contributed by atoms with van der Waals surface area (Å²) >= 11 is 0. The number of aliphatic carboxylic acids is 1. The van der Waals surface area contributed by atoms with Crippen molar-refractivity contribution in [1.29, 1.82) is 0 Å². The van der Waals surface area contributed by atoms with Crippen LogP contribution in [0.1, 0.15) is 29.0 Å². The van der Waals surface area contributed by atoms with Crippen molar-refractivity contribution < 1.29 is 19.4 Å². The van der Waals surface area contributed by atoms with Crippen LogP contribution in [0.25, 0.3) is 11.1 Å². The van der Waals surface area contributed by atoms with Gasteiger partial charge in [0.25, 0.3) is 5.56 Å². The van der Waals surface area contributed by atoms with E-state index in [2.05, 4.69) is 4.98 Å². The van der Waals surface area contributed by atoms with Crippen molar-refractivity contribution in [2.45, 2.75) is 25.8 Å². The highest BCUT2D eigenvalue weighted by Gasteiger charge is 2.29. The molecule has 1 heterocycles. The first-order chi connectivity index (χ1) is 16.3. The van der Waals surface area contributed by atoms with Crippen molar-refractivity contribution in [2.24, 2.45) is 0 Å². The summed E-state index contributed by atoms with van der Waals surface area (Å²) in [5.41, 5.74) is 3.65. The van der Waals surface area contributed by atoms with Gasteiger partial charge in [0, 0.05) is 37.3 Å². The topological polar surface area (TPSA) is 122 Å². The summed E-state index contributed by atoms with van der Waals surface area (Å²) in [6.07, 6.45) is 0.496. The lowest BCUT2D eigenvalue weighted by Crippen LogP contribution is -2.39. The molecule has 1 aromatic heterocycles. The molecule has 0 fully saturated rings. The first-order valence-corrected chi connectivity index (χ1v) is 11.0. The number of benzene rings is 2. The lowest BCUT2D eigenvalue weighted by Gasteiger charge is -2.23. The molecule has 34 heavy (non-hydrogen) atoms. The maximum atomic E-state index is 12.9. The third kappa shape index (κ3) is 4.78. The number of aromatic amines is 1. The number of aromatic nitrogens is 2. The molecule has 1 aliphatic carbocycles. The van der Waals surface area contributed by atoms with Crippen LogP contribution >= 0.6 is 0 Å². The Balaban J connectivity index is 1.48. The van der Waals surface area contributed by atoms with Gasteiger partial charge in [-0.1, -0.05) is 48.5 Å². The highest BCUT2D eigenvalue weighted by atomic mass is 16.6. The molecule has 2 N–H and O–H groups in total. The third-order valence-corrected chi connectivity index (χ3v) is 5.99. The summed E-state index contributed by atoms with van der Waals surface area (Å²) in [6.45, 7) is 1.75. The number of hydrogen-bond acceptors (Lipinski definition) is 5. The maximum Gasteiger partial charge on any atom is 0.409 e. The first kappa shape index (κ1) is 23.0. The molecule has 0 aliphatic heterocycles. The Morgan fingerprint density at radius 1 is 1.03 bits per heavy atom. The van der Waals surface area contributed by atoms with E-state index in [-0.39, 0.29) is 38.6 Å². The molecule has 1 aliphatic rings. The first-order valence-electron chi connectivity index (χ1n) is 11.0. The van der Waals surface area contributed by atoms with E-state index in [9.17, 15) is 19.2 Å². The van der Waals surface area contributed by atoms with Crippen molar-refractivity contribution in [3.8, 4) is 11.1 Å². The summed E-state index contributed by atoms with van der Waals surface area (Å²) in [6, 6.07) is 15.9. The fourth-order valence-corrected chi connectivity index (χ4v) is 4.22. The summed E-state index contributed by atoms with van der Waals surface area (Å²) in [4.78, 5) is 51.2. The summed E-state index contributed by atoms with van der Waals surface area (Å²) < 4.78 is 6.92. The molecule has 0 radical (unpaired) electrons. The van der Waals surface area contributed by atoms with Crippen LogP contribution in [0.2, 0.25) is 0 Å². The van der Waals surface area contributed by atoms with Gasteiger partial charge < -0.3 is 14.7 Å². The minimum atomic E-state index is -1.05. The van der Waals surface area contributed by atoms with Gasteiger partial charge in [-0.2, -0.15) is 0 Å². The number of rotatable bonds is 8. The number of H-pyrrole nitrogens is 1. The van der Waals surface area contributed by atoms with Crippen molar-refractivity contribution in [3.05, 3.63) is 92.3 Å². The SMILES string of the molecule is Cc1cn(CCN(CCC(=O)O)C(=O)OCC2c3ccccc3-c3ccccc32)c(=O)[nH]c1=O. The molecule has 9 nitrogen and oxygen atoms in total. The minimum absolute atomic E-state index is 0.0509. The molecule has 4 rings (SSSR count). The Bertz CT molecular complexity index is 1300. The normalized spacial score (nSPS) is 12.1. The lowest BCUT2D eigenvalue weighted by atomic mass is 9.98. The molecule has 2 aromatic carbocycles.